The Balaban J connectivity index is 2.52. The first kappa shape index (κ1) is 6.75. The highest BCUT2D eigenvalue weighted by atomic mass is 16.1. The summed E-state index contributed by atoms with van der Waals surface area (Å²) >= 11 is 0. The predicted molar refractivity (Wildman–Crippen MR) is 36.3 cm³/mol. The second kappa shape index (κ2) is 1.81. The van der Waals surface area contributed by atoms with Gasteiger partial charge in [-0.05, 0) is 20.3 Å². The first-order chi connectivity index (χ1) is 4.11. The summed E-state index contributed by atoms with van der Waals surface area (Å²) in [6, 6.07) is 0.440. The summed E-state index contributed by atoms with van der Waals surface area (Å²) in [6.45, 7) is 5.69. The second-order valence-corrected chi connectivity index (χ2v) is 2.86. The molecule has 0 radical (unpaired) electrons. The highest BCUT2D eigenvalue weighted by Crippen LogP contribution is 2.28. The third-order valence-electron chi connectivity index (χ3n) is 2.23. The zero-order chi connectivity index (χ0) is 7.07. The Morgan fingerprint density at radius 2 is 2.33 bits per heavy atom. The number of carbonyl (C=O) groups excluding carboxylic acids is 1. The summed E-state index contributed by atoms with van der Waals surface area (Å²) in [4.78, 5) is 10.8. The Kier molecular flexibility index (Phi) is 1.35. The molecule has 0 spiro atoms. The van der Waals surface area contributed by atoms with Crippen LogP contribution in [0.3, 0.4) is 0 Å². The molecule has 2 unspecified atom stereocenters. The van der Waals surface area contributed by atoms with Gasteiger partial charge in [-0.1, -0.05) is 6.92 Å². The lowest BCUT2D eigenvalue weighted by molar-refractivity contribution is -0.119. The summed E-state index contributed by atoms with van der Waals surface area (Å²) in [7, 11) is 0. The van der Waals surface area contributed by atoms with Crippen molar-refractivity contribution in [1.82, 2.24) is 5.32 Å². The van der Waals surface area contributed by atoms with E-state index in [0.717, 1.165) is 6.42 Å². The van der Waals surface area contributed by atoms with Crippen LogP contribution in [-0.2, 0) is 4.79 Å². The van der Waals surface area contributed by atoms with Gasteiger partial charge in [-0.15, -0.1) is 0 Å². The van der Waals surface area contributed by atoms with E-state index >= 15 is 0 Å². The average Bonchev–Trinajstić information content (AvgIpc) is 2.44. The highest BCUT2D eigenvalue weighted by Gasteiger charge is 2.51. The molecule has 9 heavy (non-hydrogen) atoms. The van der Waals surface area contributed by atoms with Gasteiger partial charge in [0.1, 0.15) is 0 Å². The molecule has 0 aromatic carbocycles. The van der Waals surface area contributed by atoms with Gasteiger partial charge in [-0.2, -0.15) is 0 Å². The van der Waals surface area contributed by atoms with Crippen LogP contribution in [-0.4, -0.2) is 17.4 Å². The molecule has 2 atom stereocenters. The molecule has 1 aliphatic rings. The molecule has 0 aromatic heterocycles. The zero-order valence-electron chi connectivity index (χ0n) is 6.19. The van der Waals surface area contributed by atoms with Crippen molar-refractivity contribution in [1.29, 1.82) is 0 Å². The minimum absolute atomic E-state index is 0.172. The average molecular weight is 127 g/mol. The van der Waals surface area contributed by atoms with Crippen molar-refractivity contribution >= 4 is 5.78 Å². The molecule has 2 heteroatoms. The van der Waals surface area contributed by atoms with Gasteiger partial charge in [-0.3, -0.25) is 10.1 Å². The van der Waals surface area contributed by atoms with Gasteiger partial charge in [-0.25, -0.2) is 0 Å². The SMILES string of the molecule is CCC1NC1(C)C(C)=O. The predicted octanol–water partition coefficient (Wildman–Crippen LogP) is 0.716. The second-order valence-electron chi connectivity index (χ2n) is 2.86. The van der Waals surface area contributed by atoms with Crippen molar-refractivity contribution in [2.45, 2.75) is 38.8 Å². The van der Waals surface area contributed by atoms with Gasteiger partial charge in [0, 0.05) is 6.04 Å². The normalized spacial score (nSPS) is 40.6. The molecule has 2 nitrogen and oxygen atoms in total. The van der Waals surface area contributed by atoms with Crippen molar-refractivity contribution < 1.29 is 4.79 Å². The lowest BCUT2D eigenvalue weighted by Gasteiger charge is -1.99. The number of hydrogen-bond donors (Lipinski definition) is 1. The fourth-order valence-corrected chi connectivity index (χ4v) is 1.18. The topological polar surface area (TPSA) is 39.0 Å². The third-order valence-corrected chi connectivity index (χ3v) is 2.23. The number of carbonyl (C=O) groups is 1. The van der Waals surface area contributed by atoms with Crippen molar-refractivity contribution in [3.05, 3.63) is 0 Å². The molecule has 0 amide bonds. The van der Waals surface area contributed by atoms with Crippen LogP contribution in [0.5, 0.6) is 0 Å². The number of rotatable bonds is 2. The molecule has 0 saturated carbocycles. The largest absolute Gasteiger partial charge is 0.299 e. The molecule has 0 aliphatic carbocycles. The van der Waals surface area contributed by atoms with Gasteiger partial charge in [0.2, 0.25) is 0 Å². The van der Waals surface area contributed by atoms with Crippen LogP contribution in [0.2, 0.25) is 0 Å². The molecule has 52 valence electrons. The Morgan fingerprint density at radius 3 is 2.44 bits per heavy atom. The minimum Gasteiger partial charge on any atom is -0.299 e. The molecule has 1 saturated heterocycles. The maximum Gasteiger partial charge on any atom is 0.151 e. The van der Waals surface area contributed by atoms with E-state index < -0.39 is 0 Å². The molecule has 0 bridgehead atoms. The van der Waals surface area contributed by atoms with E-state index in [9.17, 15) is 4.79 Å². The summed E-state index contributed by atoms with van der Waals surface area (Å²) in [6.07, 6.45) is 1.05. The maximum atomic E-state index is 10.8. The van der Waals surface area contributed by atoms with Crippen LogP contribution in [0, 0.1) is 0 Å². The van der Waals surface area contributed by atoms with E-state index in [-0.39, 0.29) is 11.3 Å². The van der Waals surface area contributed by atoms with E-state index in [2.05, 4.69) is 12.2 Å². The number of Topliss-reactive ketones (excluding diaryl/α,β-unsaturated/α-hetero) is 1. The lowest BCUT2D eigenvalue weighted by atomic mass is 10.0. The van der Waals surface area contributed by atoms with Crippen molar-refractivity contribution in [2.24, 2.45) is 0 Å². The van der Waals surface area contributed by atoms with Gasteiger partial charge < -0.3 is 0 Å². The molecule has 1 heterocycles. The van der Waals surface area contributed by atoms with Crippen LogP contribution in [0.15, 0.2) is 0 Å². The first-order valence-corrected chi connectivity index (χ1v) is 3.40. The number of ketones is 1. The van der Waals surface area contributed by atoms with Crippen LogP contribution in [0.4, 0.5) is 0 Å². The Bertz CT molecular complexity index is 144. The molecule has 1 rings (SSSR count). The van der Waals surface area contributed by atoms with Crippen molar-refractivity contribution in [3.63, 3.8) is 0 Å². The fraction of sp³-hybridized carbons (Fsp3) is 0.857. The standard InChI is InChI=1S/C7H13NO/c1-4-6-7(3,8-6)5(2)9/h6,8H,4H2,1-3H3. The van der Waals surface area contributed by atoms with Gasteiger partial charge in [0.25, 0.3) is 0 Å². The van der Waals surface area contributed by atoms with E-state index in [1.165, 1.54) is 0 Å². The van der Waals surface area contributed by atoms with Crippen molar-refractivity contribution in [2.75, 3.05) is 0 Å². The number of hydrogen-bond acceptors (Lipinski definition) is 2. The van der Waals surface area contributed by atoms with Gasteiger partial charge >= 0.3 is 0 Å². The number of nitrogens with one attached hydrogen (secondary N) is 1. The molecular formula is C7H13NO. The third kappa shape index (κ3) is 0.874. The quantitative estimate of drug-likeness (QED) is 0.555. The van der Waals surface area contributed by atoms with Crippen molar-refractivity contribution in [3.8, 4) is 0 Å². The van der Waals surface area contributed by atoms with Crippen LogP contribution >= 0.6 is 0 Å². The monoisotopic (exact) mass is 127 g/mol. The maximum absolute atomic E-state index is 10.8. The smallest absolute Gasteiger partial charge is 0.151 e. The summed E-state index contributed by atoms with van der Waals surface area (Å²) < 4.78 is 0. The Labute approximate surface area is 55.6 Å². The summed E-state index contributed by atoms with van der Waals surface area (Å²) in [5, 5.41) is 3.14. The van der Waals surface area contributed by atoms with E-state index in [1.54, 1.807) is 6.92 Å². The fourth-order valence-electron chi connectivity index (χ4n) is 1.18. The lowest BCUT2D eigenvalue weighted by Crippen LogP contribution is -2.21. The van der Waals surface area contributed by atoms with Gasteiger partial charge in [0.15, 0.2) is 5.78 Å². The molecule has 1 N–H and O–H groups in total. The first-order valence-electron chi connectivity index (χ1n) is 3.40. The van der Waals surface area contributed by atoms with E-state index in [4.69, 9.17) is 0 Å². The Morgan fingerprint density at radius 1 is 1.78 bits per heavy atom. The molecule has 1 fully saturated rings. The minimum atomic E-state index is -0.172. The summed E-state index contributed by atoms with van der Waals surface area (Å²) in [5.74, 6) is 0.259. The van der Waals surface area contributed by atoms with Crippen LogP contribution in [0.1, 0.15) is 27.2 Å². The highest BCUT2D eigenvalue weighted by molar-refractivity contribution is 5.90. The Hall–Kier alpha value is -0.370. The molecule has 1 aliphatic heterocycles. The molecule has 0 aromatic rings. The van der Waals surface area contributed by atoms with Gasteiger partial charge in [0.05, 0.1) is 5.54 Å². The van der Waals surface area contributed by atoms with E-state index in [1.807, 2.05) is 6.92 Å². The zero-order valence-corrected chi connectivity index (χ0v) is 6.19. The van der Waals surface area contributed by atoms with Crippen LogP contribution in [0.25, 0.3) is 0 Å². The molecular weight excluding hydrogens is 114 g/mol. The van der Waals surface area contributed by atoms with E-state index in [0.29, 0.717) is 6.04 Å². The summed E-state index contributed by atoms with van der Waals surface area (Å²) in [5.41, 5.74) is -0.172. The van der Waals surface area contributed by atoms with Crippen LogP contribution < -0.4 is 5.32 Å².